The summed E-state index contributed by atoms with van der Waals surface area (Å²) in [5.74, 6) is 0. The predicted octanol–water partition coefficient (Wildman–Crippen LogP) is 1.95. The van der Waals surface area contributed by atoms with E-state index >= 15 is 0 Å². The van der Waals surface area contributed by atoms with Gasteiger partial charge in [0.15, 0.2) is 0 Å². The van der Waals surface area contributed by atoms with Crippen LogP contribution in [0.4, 0.5) is 0 Å². The Bertz CT molecular complexity index is 450. The summed E-state index contributed by atoms with van der Waals surface area (Å²) in [5.41, 5.74) is 2.19. The molecule has 0 fully saturated rings. The molecule has 3 nitrogen and oxygen atoms in total. The maximum atomic E-state index is 8.93. The van der Waals surface area contributed by atoms with Gasteiger partial charge in [-0.25, -0.2) is 0 Å². The topological polar surface area (TPSA) is 45.4 Å². The number of rotatable bonds is 5. The molecule has 0 saturated heterocycles. The molecule has 0 aliphatic heterocycles. The Kier molecular flexibility index (Phi) is 3.59. The van der Waals surface area contributed by atoms with Crippen molar-refractivity contribution in [3.05, 3.63) is 36.1 Å². The quantitative estimate of drug-likeness (QED) is 0.808. The molecule has 0 amide bonds. The van der Waals surface area contributed by atoms with Gasteiger partial charge in [0.2, 0.25) is 0 Å². The summed E-state index contributed by atoms with van der Waals surface area (Å²) < 4.78 is 5.30. The van der Waals surface area contributed by atoms with Gasteiger partial charge in [-0.2, -0.15) is 0 Å². The summed E-state index contributed by atoms with van der Waals surface area (Å²) in [6, 6.07) is 8.51. The van der Waals surface area contributed by atoms with Crippen molar-refractivity contribution in [2.75, 3.05) is 13.7 Å². The Hall–Kier alpha value is -1.32. The van der Waals surface area contributed by atoms with Crippen LogP contribution in [0.1, 0.15) is 12.0 Å². The van der Waals surface area contributed by atoms with Crippen molar-refractivity contribution >= 4 is 11.0 Å². The van der Waals surface area contributed by atoms with E-state index in [1.165, 1.54) is 5.56 Å². The highest BCUT2D eigenvalue weighted by Crippen LogP contribution is 2.18. The van der Waals surface area contributed by atoms with E-state index in [4.69, 9.17) is 9.52 Å². The summed E-state index contributed by atoms with van der Waals surface area (Å²) in [7, 11) is 1.93. The van der Waals surface area contributed by atoms with Crippen LogP contribution in [0.5, 0.6) is 0 Å². The molecule has 16 heavy (non-hydrogen) atoms. The lowest BCUT2D eigenvalue weighted by Crippen LogP contribution is -2.28. The van der Waals surface area contributed by atoms with Crippen molar-refractivity contribution in [3.8, 4) is 0 Å². The first-order valence-corrected chi connectivity index (χ1v) is 5.57. The lowest BCUT2D eigenvalue weighted by Gasteiger charge is -2.14. The molecule has 0 aliphatic rings. The van der Waals surface area contributed by atoms with Gasteiger partial charge in [0.25, 0.3) is 0 Å². The predicted molar refractivity (Wildman–Crippen MR) is 64.5 cm³/mol. The minimum absolute atomic E-state index is 0.222. The second-order valence-corrected chi connectivity index (χ2v) is 3.99. The van der Waals surface area contributed by atoms with Gasteiger partial charge in [0, 0.05) is 18.0 Å². The number of aliphatic hydroxyl groups is 1. The SMILES string of the molecule is CNC(CCO)Cc1ccc2occc2c1. The number of benzene rings is 1. The zero-order valence-corrected chi connectivity index (χ0v) is 9.44. The first-order chi connectivity index (χ1) is 7.83. The molecule has 0 bridgehead atoms. The molecule has 3 heteroatoms. The van der Waals surface area contributed by atoms with Crippen LogP contribution < -0.4 is 5.32 Å². The third kappa shape index (κ3) is 2.43. The van der Waals surface area contributed by atoms with Gasteiger partial charge in [-0.3, -0.25) is 0 Å². The highest BCUT2D eigenvalue weighted by Gasteiger charge is 2.07. The van der Waals surface area contributed by atoms with Crippen LogP contribution in [-0.4, -0.2) is 24.8 Å². The molecule has 1 unspecified atom stereocenters. The van der Waals surface area contributed by atoms with Crippen LogP contribution in [-0.2, 0) is 6.42 Å². The van der Waals surface area contributed by atoms with Gasteiger partial charge in [-0.1, -0.05) is 6.07 Å². The monoisotopic (exact) mass is 219 g/mol. The minimum atomic E-state index is 0.222. The van der Waals surface area contributed by atoms with Crippen LogP contribution in [0.3, 0.4) is 0 Å². The Labute approximate surface area is 95.1 Å². The largest absolute Gasteiger partial charge is 0.464 e. The highest BCUT2D eigenvalue weighted by molar-refractivity contribution is 5.77. The molecule has 86 valence electrons. The van der Waals surface area contributed by atoms with E-state index in [-0.39, 0.29) is 6.61 Å². The fourth-order valence-electron chi connectivity index (χ4n) is 1.93. The van der Waals surface area contributed by atoms with Gasteiger partial charge >= 0.3 is 0 Å². The van der Waals surface area contributed by atoms with Crippen LogP contribution in [0.25, 0.3) is 11.0 Å². The summed E-state index contributed by atoms with van der Waals surface area (Å²) >= 11 is 0. The van der Waals surface area contributed by atoms with Gasteiger partial charge in [-0.05, 0) is 43.7 Å². The van der Waals surface area contributed by atoms with Crippen molar-refractivity contribution in [3.63, 3.8) is 0 Å². The van der Waals surface area contributed by atoms with E-state index in [1.54, 1.807) is 6.26 Å². The smallest absolute Gasteiger partial charge is 0.133 e. The molecule has 1 atom stereocenters. The zero-order chi connectivity index (χ0) is 11.4. The van der Waals surface area contributed by atoms with E-state index in [9.17, 15) is 0 Å². The van der Waals surface area contributed by atoms with Crippen molar-refractivity contribution in [2.24, 2.45) is 0 Å². The van der Waals surface area contributed by atoms with Crippen LogP contribution >= 0.6 is 0 Å². The van der Waals surface area contributed by atoms with E-state index in [0.29, 0.717) is 6.04 Å². The van der Waals surface area contributed by atoms with Crippen LogP contribution in [0.2, 0.25) is 0 Å². The second kappa shape index (κ2) is 5.14. The molecule has 2 rings (SSSR count). The molecule has 0 radical (unpaired) electrons. The van der Waals surface area contributed by atoms with Crippen LogP contribution in [0.15, 0.2) is 34.9 Å². The average molecular weight is 219 g/mol. The number of aliphatic hydroxyl groups excluding tert-OH is 1. The maximum Gasteiger partial charge on any atom is 0.133 e. The summed E-state index contributed by atoms with van der Waals surface area (Å²) in [6.45, 7) is 0.222. The zero-order valence-electron chi connectivity index (χ0n) is 9.44. The Morgan fingerprint density at radius 1 is 1.38 bits per heavy atom. The third-order valence-electron chi connectivity index (χ3n) is 2.88. The standard InChI is InChI=1S/C13H17NO2/c1-14-12(4-6-15)9-10-2-3-13-11(8-10)5-7-16-13/h2-3,5,7-8,12,14-15H,4,6,9H2,1H3. The average Bonchev–Trinajstić information content (AvgIpc) is 2.75. The van der Waals surface area contributed by atoms with Crippen molar-refractivity contribution in [2.45, 2.75) is 18.9 Å². The molecule has 0 saturated carbocycles. The molecule has 2 N–H and O–H groups in total. The van der Waals surface area contributed by atoms with E-state index in [1.807, 2.05) is 19.2 Å². The number of hydrogen-bond acceptors (Lipinski definition) is 3. The van der Waals surface area contributed by atoms with Gasteiger partial charge < -0.3 is 14.8 Å². The number of nitrogens with one attached hydrogen (secondary N) is 1. The number of fused-ring (bicyclic) bond motifs is 1. The lowest BCUT2D eigenvalue weighted by atomic mass is 10.0. The van der Waals surface area contributed by atoms with Gasteiger partial charge in [-0.15, -0.1) is 0 Å². The second-order valence-electron chi connectivity index (χ2n) is 3.99. The summed E-state index contributed by atoms with van der Waals surface area (Å²) in [4.78, 5) is 0. The Balaban J connectivity index is 2.13. The first-order valence-electron chi connectivity index (χ1n) is 5.57. The van der Waals surface area contributed by atoms with Crippen molar-refractivity contribution in [1.29, 1.82) is 0 Å². The van der Waals surface area contributed by atoms with Gasteiger partial charge in [0.05, 0.1) is 6.26 Å². The third-order valence-corrected chi connectivity index (χ3v) is 2.88. The molecule has 0 aliphatic carbocycles. The molecular weight excluding hydrogens is 202 g/mol. The molecule has 0 spiro atoms. The van der Waals surface area contributed by atoms with Crippen LogP contribution in [0, 0.1) is 0 Å². The molecule has 2 aromatic rings. The Morgan fingerprint density at radius 2 is 2.25 bits per heavy atom. The van der Waals surface area contributed by atoms with E-state index in [0.717, 1.165) is 23.8 Å². The fourth-order valence-corrected chi connectivity index (χ4v) is 1.93. The molecule has 1 aromatic heterocycles. The maximum absolute atomic E-state index is 8.93. The van der Waals surface area contributed by atoms with Crippen molar-refractivity contribution < 1.29 is 9.52 Å². The molecule has 1 heterocycles. The van der Waals surface area contributed by atoms with Gasteiger partial charge in [0.1, 0.15) is 5.58 Å². The lowest BCUT2D eigenvalue weighted by molar-refractivity contribution is 0.267. The minimum Gasteiger partial charge on any atom is -0.464 e. The normalized spacial score (nSPS) is 13.1. The fraction of sp³-hybridized carbons (Fsp3) is 0.385. The number of hydrogen-bond donors (Lipinski definition) is 2. The van der Waals surface area contributed by atoms with E-state index < -0.39 is 0 Å². The Morgan fingerprint density at radius 3 is 3.00 bits per heavy atom. The summed E-state index contributed by atoms with van der Waals surface area (Å²) in [5, 5.41) is 13.3. The number of likely N-dealkylation sites (N-methyl/N-ethyl adjacent to an activating group) is 1. The molecular formula is C13H17NO2. The van der Waals surface area contributed by atoms with Crippen molar-refractivity contribution in [1.82, 2.24) is 5.32 Å². The molecule has 1 aromatic carbocycles. The summed E-state index contributed by atoms with van der Waals surface area (Å²) in [6.07, 6.45) is 3.41. The first kappa shape index (κ1) is 11.2. The number of furan rings is 1. The highest BCUT2D eigenvalue weighted by atomic mass is 16.3. The van der Waals surface area contributed by atoms with E-state index in [2.05, 4.69) is 17.4 Å².